The summed E-state index contributed by atoms with van der Waals surface area (Å²) >= 11 is 0. The molecule has 1 aliphatic heterocycles. The number of sulfonamides is 1. The molecule has 2 rings (SSSR count). The van der Waals surface area contributed by atoms with E-state index in [1.807, 2.05) is 6.92 Å². The first-order valence-corrected chi connectivity index (χ1v) is 9.21. The fraction of sp³-hybridized carbons (Fsp3) is 0.600. The Morgan fingerprint density at radius 3 is 2.50 bits per heavy atom. The molecule has 1 saturated heterocycles. The Balaban J connectivity index is 1.73. The lowest BCUT2D eigenvalue weighted by atomic mass is 10.3. The van der Waals surface area contributed by atoms with Crippen LogP contribution in [-0.2, 0) is 10.0 Å². The van der Waals surface area contributed by atoms with Crippen LogP contribution in [0, 0.1) is 5.82 Å². The molecule has 5 nitrogen and oxygen atoms in total. The van der Waals surface area contributed by atoms with Crippen LogP contribution in [0.5, 0.6) is 5.75 Å². The number of halogens is 1. The summed E-state index contributed by atoms with van der Waals surface area (Å²) < 4.78 is 44.3. The summed E-state index contributed by atoms with van der Waals surface area (Å²) in [6.45, 7) is 5.32. The SMILES string of the molecule is CCCS(=O)(=O)N1CCN(CCOc2ccccc2F)CC1. The molecule has 0 radical (unpaired) electrons. The lowest BCUT2D eigenvalue weighted by Gasteiger charge is -2.33. The average molecular weight is 330 g/mol. The molecular formula is C15H23FN2O3S. The van der Waals surface area contributed by atoms with Gasteiger partial charge < -0.3 is 4.74 Å². The standard InChI is InChI=1S/C15H23FN2O3S/c1-2-13-22(19,20)18-9-7-17(8-10-18)11-12-21-15-6-4-3-5-14(15)16/h3-6H,2,7-13H2,1H3. The van der Waals surface area contributed by atoms with Crippen LogP contribution in [0.25, 0.3) is 0 Å². The number of hydrogen-bond donors (Lipinski definition) is 0. The maximum absolute atomic E-state index is 13.4. The molecule has 1 aromatic carbocycles. The second kappa shape index (κ2) is 7.89. The monoisotopic (exact) mass is 330 g/mol. The number of ether oxygens (including phenoxy) is 1. The van der Waals surface area contributed by atoms with E-state index < -0.39 is 10.0 Å². The van der Waals surface area contributed by atoms with Crippen LogP contribution in [0.3, 0.4) is 0 Å². The Bertz CT molecular complexity index is 572. The van der Waals surface area contributed by atoms with Crippen molar-refractivity contribution in [2.45, 2.75) is 13.3 Å². The minimum atomic E-state index is -3.10. The van der Waals surface area contributed by atoms with Crippen molar-refractivity contribution in [3.05, 3.63) is 30.1 Å². The van der Waals surface area contributed by atoms with E-state index in [9.17, 15) is 12.8 Å². The molecule has 1 aromatic rings. The minimum absolute atomic E-state index is 0.212. The summed E-state index contributed by atoms with van der Waals surface area (Å²) in [5.74, 6) is 0.105. The zero-order valence-corrected chi connectivity index (χ0v) is 13.7. The van der Waals surface area contributed by atoms with Crippen LogP contribution in [0.1, 0.15) is 13.3 Å². The number of rotatable bonds is 7. The summed E-state index contributed by atoms with van der Waals surface area (Å²) in [4.78, 5) is 2.14. The predicted molar refractivity (Wildman–Crippen MR) is 84.0 cm³/mol. The first-order chi connectivity index (χ1) is 10.5. The number of piperazine rings is 1. The highest BCUT2D eigenvalue weighted by molar-refractivity contribution is 7.89. The smallest absolute Gasteiger partial charge is 0.214 e. The lowest BCUT2D eigenvalue weighted by Crippen LogP contribution is -2.50. The zero-order valence-electron chi connectivity index (χ0n) is 12.9. The molecule has 7 heteroatoms. The number of para-hydroxylation sites is 1. The van der Waals surface area contributed by atoms with Gasteiger partial charge in [-0.25, -0.2) is 12.8 Å². The average Bonchev–Trinajstić information content (AvgIpc) is 2.50. The highest BCUT2D eigenvalue weighted by atomic mass is 32.2. The molecule has 22 heavy (non-hydrogen) atoms. The van der Waals surface area contributed by atoms with Crippen LogP contribution in [0.4, 0.5) is 4.39 Å². The molecule has 124 valence electrons. The van der Waals surface area contributed by atoms with Gasteiger partial charge in [0, 0.05) is 32.7 Å². The third-order valence-corrected chi connectivity index (χ3v) is 5.76. The Hall–Kier alpha value is -1.18. The van der Waals surface area contributed by atoms with E-state index in [2.05, 4.69) is 4.90 Å². The normalized spacial score (nSPS) is 17.5. The molecule has 0 saturated carbocycles. The molecule has 0 aromatic heterocycles. The summed E-state index contributed by atoms with van der Waals surface area (Å²) in [6, 6.07) is 6.32. The fourth-order valence-electron chi connectivity index (χ4n) is 2.46. The predicted octanol–water partition coefficient (Wildman–Crippen LogP) is 1.56. The molecular weight excluding hydrogens is 307 g/mol. The van der Waals surface area contributed by atoms with E-state index in [-0.39, 0.29) is 17.3 Å². The maximum Gasteiger partial charge on any atom is 0.214 e. The molecule has 1 fully saturated rings. The Morgan fingerprint density at radius 1 is 1.18 bits per heavy atom. The second-order valence-corrected chi connectivity index (χ2v) is 7.42. The van der Waals surface area contributed by atoms with Gasteiger partial charge in [-0.2, -0.15) is 4.31 Å². The Kier molecular flexibility index (Phi) is 6.16. The largest absolute Gasteiger partial charge is 0.489 e. The summed E-state index contributed by atoms with van der Waals surface area (Å²) in [6.07, 6.45) is 0.638. The summed E-state index contributed by atoms with van der Waals surface area (Å²) in [5, 5.41) is 0. The van der Waals surface area contributed by atoms with E-state index in [4.69, 9.17) is 4.74 Å². The molecule has 0 atom stereocenters. The van der Waals surface area contributed by atoms with Gasteiger partial charge >= 0.3 is 0 Å². The van der Waals surface area contributed by atoms with Gasteiger partial charge in [0.25, 0.3) is 0 Å². The van der Waals surface area contributed by atoms with Crippen molar-refractivity contribution in [1.29, 1.82) is 0 Å². The van der Waals surface area contributed by atoms with Gasteiger partial charge in [-0.15, -0.1) is 0 Å². The molecule has 1 heterocycles. The van der Waals surface area contributed by atoms with E-state index in [0.717, 1.165) is 0 Å². The minimum Gasteiger partial charge on any atom is -0.489 e. The molecule has 0 unspecified atom stereocenters. The first kappa shape index (κ1) is 17.2. The molecule has 0 aliphatic carbocycles. The summed E-state index contributed by atoms with van der Waals surface area (Å²) in [5.41, 5.74) is 0. The van der Waals surface area contributed by atoms with Gasteiger partial charge in [-0.05, 0) is 18.6 Å². The van der Waals surface area contributed by atoms with Crippen LogP contribution < -0.4 is 4.74 Å². The molecule has 0 N–H and O–H groups in total. The summed E-state index contributed by atoms with van der Waals surface area (Å²) in [7, 11) is -3.10. The van der Waals surface area contributed by atoms with Gasteiger partial charge in [0.1, 0.15) is 6.61 Å². The number of nitrogens with zero attached hydrogens (tertiary/aromatic N) is 2. The molecule has 1 aliphatic rings. The van der Waals surface area contributed by atoms with Gasteiger partial charge in [-0.1, -0.05) is 19.1 Å². The van der Waals surface area contributed by atoms with Crippen molar-refractivity contribution in [2.24, 2.45) is 0 Å². The number of benzene rings is 1. The topological polar surface area (TPSA) is 49.9 Å². The van der Waals surface area contributed by atoms with Gasteiger partial charge in [0.15, 0.2) is 11.6 Å². The molecule has 0 amide bonds. The third kappa shape index (κ3) is 4.66. The van der Waals surface area contributed by atoms with Crippen molar-refractivity contribution in [2.75, 3.05) is 45.1 Å². The highest BCUT2D eigenvalue weighted by Crippen LogP contribution is 2.15. The van der Waals surface area contributed by atoms with Gasteiger partial charge in [-0.3, -0.25) is 4.90 Å². The fourth-order valence-corrected chi connectivity index (χ4v) is 3.96. The highest BCUT2D eigenvalue weighted by Gasteiger charge is 2.25. The number of hydrogen-bond acceptors (Lipinski definition) is 4. The van der Waals surface area contributed by atoms with Crippen LogP contribution >= 0.6 is 0 Å². The van der Waals surface area contributed by atoms with E-state index in [1.54, 1.807) is 22.5 Å². The van der Waals surface area contributed by atoms with Gasteiger partial charge in [0.2, 0.25) is 10.0 Å². The quantitative estimate of drug-likeness (QED) is 0.761. The van der Waals surface area contributed by atoms with E-state index >= 15 is 0 Å². The molecule has 0 bridgehead atoms. The molecule has 0 spiro atoms. The van der Waals surface area contributed by atoms with Crippen LogP contribution in [0.15, 0.2) is 24.3 Å². The van der Waals surface area contributed by atoms with Crippen molar-refractivity contribution >= 4 is 10.0 Å². The Labute approximate surface area is 131 Å². The van der Waals surface area contributed by atoms with Crippen LogP contribution in [0.2, 0.25) is 0 Å². The Morgan fingerprint density at radius 2 is 1.86 bits per heavy atom. The third-order valence-electron chi connectivity index (χ3n) is 3.69. The van der Waals surface area contributed by atoms with Crippen molar-refractivity contribution in [1.82, 2.24) is 9.21 Å². The van der Waals surface area contributed by atoms with Crippen LogP contribution in [-0.4, -0.2) is 62.7 Å². The van der Waals surface area contributed by atoms with Gasteiger partial charge in [0.05, 0.1) is 5.75 Å². The maximum atomic E-state index is 13.4. The van der Waals surface area contributed by atoms with Crippen molar-refractivity contribution in [3.8, 4) is 5.75 Å². The lowest BCUT2D eigenvalue weighted by molar-refractivity contribution is 0.157. The zero-order chi connectivity index (χ0) is 16.0. The van der Waals surface area contributed by atoms with Crippen molar-refractivity contribution in [3.63, 3.8) is 0 Å². The first-order valence-electron chi connectivity index (χ1n) is 7.60. The second-order valence-electron chi connectivity index (χ2n) is 5.34. The van der Waals surface area contributed by atoms with E-state index in [0.29, 0.717) is 45.8 Å². The van der Waals surface area contributed by atoms with Crippen molar-refractivity contribution < 1.29 is 17.5 Å². The van der Waals surface area contributed by atoms with E-state index in [1.165, 1.54) is 6.07 Å².